The molecule has 3 heterocycles. The number of imide groups is 1. The van der Waals surface area contributed by atoms with Gasteiger partial charge in [-0.25, -0.2) is 0 Å². The van der Waals surface area contributed by atoms with Gasteiger partial charge in [0.25, 0.3) is 0 Å². The number of carbonyl (C=O) groups excluding carboxylic acids is 2. The average Bonchev–Trinajstić information content (AvgIpc) is 3.29. The van der Waals surface area contributed by atoms with Crippen LogP contribution < -0.4 is 9.47 Å². The number of nitrogens with zero attached hydrogens (tertiary/aromatic N) is 2. The van der Waals surface area contributed by atoms with Gasteiger partial charge >= 0.3 is 0 Å². The first-order valence-electron chi connectivity index (χ1n) is 9.28. The van der Waals surface area contributed by atoms with Crippen molar-refractivity contribution in [2.45, 2.75) is 37.8 Å². The van der Waals surface area contributed by atoms with Crippen molar-refractivity contribution in [2.75, 3.05) is 32.8 Å². The summed E-state index contributed by atoms with van der Waals surface area (Å²) >= 11 is 0. The number of rotatable bonds is 5. The summed E-state index contributed by atoms with van der Waals surface area (Å²) in [6, 6.07) is 4.72. The van der Waals surface area contributed by atoms with Gasteiger partial charge in [0.05, 0.1) is 6.04 Å². The number of hydrogen-bond acceptors (Lipinski definition) is 6. The zero-order valence-corrected chi connectivity index (χ0v) is 14.7. The van der Waals surface area contributed by atoms with E-state index >= 15 is 0 Å². The van der Waals surface area contributed by atoms with Crippen molar-refractivity contribution in [3.8, 4) is 11.5 Å². The van der Waals surface area contributed by atoms with Crippen LogP contribution in [0.4, 0.5) is 0 Å². The van der Waals surface area contributed by atoms with E-state index < -0.39 is 12.1 Å². The number of ether oxygens (including phenoxy) is 2. The minimum absolute atomic E-state index is 0.198. The maximum atomic E-state index is 12.3. The van der Waals surface area contributed by atoms with Gasteiger partial charge in [0.15, 0.2) is 11.5 Å². The molecule has 0 bridgehead atoms. The van der Waals surface area contributed by atoms with E-state index in [9.17, 15) is 14.7 Å². The number of aliphatic hydroxyl groups excluding tert-OH is 1. The van der Waals surface area contributed by atoms with Crippen molar-refractivity contribution in [3.63, 3.8) is 0 Å². The molecule has 2 atom stereocenters. The normalized spacial score (nSPS) is 22.7. The fourth-order valence-corrected chi connectivity index (χ4v) is 3.98. The van der Waals surface area contributed by atoms with Gasteiger partial charge in [-0.2, -0.15) is 0 Å². The lowest BCUT2D eigenvalue weighted by Gasteiger charge is -2.34. The van der Waals surface area contributed by atoms with Gasteiger partial charge in [0, 0.05) is 19.4 Å². The molecule has 1 N–H and O–H groups in total. The Morgan fingerprint density at radius 1 is 1.00 bits per heavy atom. The first kappa shape index (κ1) is 17.3. The van der Waals surface area contributed by atoms with E-state index in [4.69, 9.17) is 9.47 Å². The molecule has 7 nitrogen and oxygen atoms in total. The molecule has 2 amide bonds. The molecule has 2 fully saturated rings. The van der Waals surface area contributed by atoms with Gasteiger partial charge in [-0.15, -0.1) is 0 Å². The van der Waals surface area contributed by atoms with Crippen LogP contribution in [0.2, 0.25) is 0 Å². The summed E-state index contributed by atoms with van der Waals surface area (Å²) in [4.78, 5) is 28.1. The van der Waals surface area contributed by atoms with E-state index in [1.807, 2.05) is 0 Å². The predicted octanol–water partition coefficient (Wildman–Crippen LogP) is 1.10. The van der Waals surface area contributed by atoms with E-state index in [1.54, 1.807) is 18.2 Å². The number of hydrogen-bond donors (Lipinski definition) is 1. The smallest absolute Gasteiger partial charge is 0.230 e. The van der Waals surface area contributed by atoms with Gasteiger partial charge in [-0.1, -0.05) is 6.07 Å². The van der Waals surface area contributed by atoms with Gasteiger partial charge in [-0.05, 0) is 43.6 Å². The van der Waals surface area contributed by atoms with Crippen LogP contribution in [0.15, 0.2) is 18.2 Å². The molecular weight excluding hydrogens is 336 g/mol. The third-order valence-corrected chi connectivity index (χ3v) is 5.34. The van der Waals surface area contributed by atoms with Crippen molar-refractivity contribution < 1.29 is 24.2 Å². The van der Waals surface area contributed by atoms with Crippen molar-refractivity contribution in [3.05, 3.63) is 23.8 Å². The fourth-order valence-electron chi connectivity index (χ4n) is 3.98. The lowest BCUT2D eigenvalue weighted by molar-refractivity contribution is -0.144. The van der Waals surface area contributed by atoms with Crippen molar-refractivity contribution in [2.24, 2.45) is 0 Å². The molecule has 3 aliphatic heterocycles. The highest BCUT2D eigenvalue weighted by Gasteiger charge is 2.40. The van der Waals surface area contributed by atoms with E-state index in [2.05, 4.69) is 4.90 Å². The Kier molecular flexibility index (Phi) is 4.82. The molecule has 1 aromatic carbocycles. The summed E-state index contributed by atoms with van der Waals surface area (Å²) < 4.78 is 11.1. The molecule has 140 valence electrons. The molecule has 3 aliphatic rings. The van der Waals surface area contributed by atoms with Crippen molar-refractivity contribution in [1.29, 1.82) is 0 Å². The van der Waals surface area contributed by atoms with Gasteiger partial charge in [-0.3, -0.25) is 14.5 Å². The maximum Gasteiger partial charge on any atom is 0.230 e. The molecule has 0 aromatic heterocycles. The highest BCUT2D eigenvalue weighted by Crippen LogP contribution is 2.35. The van der Waals surface area contributed by atoms with Crippen LogP contribution in [0.3, 0.4) is 0 Å². The predicted molar refractivity (Wildman–Crippen MR) is 92.9 cm³/mol. The summed E-state index contributed by atoms with van der Waals surface area (Å²) in [5.41, 5.74) is 0.631. The summed E-state index contributed by atoms with van der Waals surface area (Å²) in [5, 5.41) is 11.1. The Morgan fingerprint density at radius 3 is 2.35 bits per heavy atom. The van der Waals surface area contributed by atoms with Crippen LogP contribution in [-0.4, -0.2) is 65.6 Å². The lowest BCUT2D eigenvalue weighted by Crippen LogP contribution is -2.49. The van der Waals surface area contributed by atoms with E-state index in [0.29, 0.717) is 36.8 Å². The van der Waals surface area contributed by atoms with Gasteiger partial charge in [0.2, 0.25) is 11.8 Å². The molecule has 26 heavy (non-hydrogen) atoms. The second kappa shape index (κ2) is 7.25. The highest BCUT2D eigenvalue weighted by atomic mass is 16.6. The third-order valence-electron chi connectivity index (χ3n) is 5.34. The standard InChI is InChI=1S/C19H24N2O5/c22-17-5-6-18(23)21(17)14(12-20-7-1-2-8-20)19(24)13-3-4-15-16(11-13)26-10-9-25-15/h3-4,11,14,19,24H,1-2,5-10,12H2/t14-,19-/m1/s1. The Hall–Kier alpha value is -2.12. The molecule has 0 aliphatic carbocycles. The van der Waals surface area contributed by atoms with Crippen LogP contribution in [0.5, 0.6) is 11.5 Å². The molecule has 2 saturated heterocycles. The maximum absolute atomic E-state index is 12.3. The molecule has 0 saturated carbocycles. The largest absolute Gasteiger partial charge is 0.486 e. The Bertz CT molecular complexity index is 685. The van der Waals surface area contributed by atoms with Crippen LogP contribution in [0.1, 0.15) is 37.4 Å². The van der Waals surface area contributed by atoms with Crippen LogP contribution in [-0.2, 0) is 9.59 Å². The molecule has 0 unspecified atom stereocenters. The van der Waals surface area contributed by atoms with Crippen molar-refractivity contribution in [1.82, 2.24) is 9.80 Å². The zero-order valence-electron chi connectivity index (χ0n) is 14.7. The Balaban J connectivity index is 1.61. The topological polar surface area (TPSA) is 79.3 Å². The van der Waals surface area contributed by atoms with E-state index in [0.717, 1.165) is 25.9 Å². The fraction of sp³-hybridized carbons (Fsp3) is 0.579. The Morgan fingerprint density at radius 2 is 1.65 bits per heavy atom. The minimum atomic E-state index is -0.961. The molecule has 4 rings (SSSR count). The minimum Gasteiger partial charge on any atom is -0.486 e. The second-order valence-electron chi connectivity index (χ2n) is 7.08. The molecule has 0 spiro atoms. The SMILES string of the molecule is O=C1CCC(=O)N1[C@H](CN1CCCC1)[C@H](O)c1ccc2c(c1)OCCO2. The number of fused-ring (bicyclic) bond motifs is 1. The zero-order chi connectivity index (χ0) is 18.1. The van der Waals surface area contributed by atoms with Crippen LogP contribution in [0.25, 0.3) is 0 Å². The quantitative estimate of drug-likeness (QED) is 0.793. The highest BCUT2D eigenvalue weighted by molar-refractivity contribution is 6.02. The number of aliphatic hydroxyl groups is 1. The first-order valence-corrected chi connectivity index (χ1v) is 9.28. The first-order chi connectivity index (χ1) is 12.6. The number of likely N-dealkylation sites (tertiary alicyclic amines) is 2. The van der Waals surface area contributed by atoms with Gasteiger partial charge < -0.3 is 19.5 Å². The lowest BCUT2D eigenvalue weighted by atomic mass is 9.99. The molecule has 1 aromatic rings. The van der Waals surface area contributed by atoms with Crippen LogP contribution in [0, 0.1) is 0 Å². The van der Waals surface area contributed by atoms with Gasteiger partial charge in [0.1, 0.15) is 19.3 Å². The third kappa shape index (κ3) is 3.29. The monoisotopic (exact) mass is 360 g/mol. The Labute approximate surface area is 152 Å². The van der Waals surface area contributed by atoms with E-state index in [1.165, 1.54) is 4.90 Å². The molecule has 7 heteroatoms. The van der Waals surface area contributed by atoms with Crippen LogP contribution >= 0.6 is 0 Å². The summed E-state index contributed by atoms with van der Waals surface area (Å²) in [7, 11) is 0. The average molecular weight is 360 g/mol. The second-order valence-corrected chi connectivity index (χ2v) is 7.08. The summed E-state index contributed by atoms with van der Waals surface area (Å²) in [6.45, 7) is 3.32. The summed E-state index contributed by atoms with van der Waals surface area (Å²) in [5.74, 6) is 0.843. The number of benzene rings is 1. The molecule has 0 radical (unpaired) electrons. The number of carbonyl (C=O) groups is 2. The summed E-state index contributed by atoms with van der Waals surface area (Å²) in [6.07, 6.45) is 1.70. The van der Waals surface area contributed by atoms with Crippen molar-refractivity contribution >= 4 is 11.8 Å². The number of amides is 2. The van der Waals surface area contributed by atoms with E-state index in [-0.39, 0.29) is 24.7 Å². The molecular formula is C19H24N2O5.